The molecule has 0 spiro atoms. The molecule has 0 aliphatic heterocycles. The third-order valence-corrected chi connectivity index (χ3v) is 3.86. The van der Waals surface area contributed by atoms with Crippen LogP contribution in [0, 0.1) is 0 Å². The molecule has 10 heteroatoms. The fraction of sp³-hybridized carbons (Fsp3) is 0.111. The lowest BCUT2D eigenvalue weighted by Crippen LogP contribution is -2.13. The lowest BCUT2D eigenvalue weighted by molar-refractivity contribution is -0.138. The maximum absolute atomic E-state index is 13.2. The fourth-order valence-electron chi connectivity index (χ4n) is 2.61. The summed E-state index contributed by atoms with van der Waals surface area (Å²) in [7, 11) is 0. The SMILES string of the molecule is O=Cc1cc(-c2cc(C=O)c(C=O)c(C(F)(F)F)c2)cc(C(F)(F)F)c1C=O. The van der Waals surface area contributed by atoms with Crippen molar-refractivity contribution in [2.24, 2.45) is 0 Å². The van der Waals surface area contributed by atoms with Crippen molar-refractivity contribution in [1.82, 2.24) is 0 Å². The maximum Gasteiger partial charge on any atom is 0.417 e. The summed E-state index contributed by atoms with van der Waals surface area (Å²) in [5.41, 5.74) is -7.37. The van der Waals surface area contributed by atoms with Gasteiger partial charge >= 0.3 is 12.4 Å². The highest BCUT2D eigenvalue weighted by molar-refractivity contribution is 5.96. The van der Waals surface area contributed by atoms with Crippen LogP contribution in [-0.2, 0) is 12.4 Å². The third kappa shape index (κ3) is 3.85. The minimum absolute atomic E-state index is 0.0480. The topological polar surface area (TPSA) is 68.3 Å². The first kappa shape index (κ1) is 21.0. The van der Waals surface area contributed by atoms with Crippen LogP contribution in [-0.4, -0.2) is 25.1 Å². The molecule has 0 saturated carbocycles. The summed E-state index contributed by atoms with van der Waals surface area (Å²) < 4.78 is 79.3. The Morgan fingerprint density at radius 2 is 0.857 bits per heavy atom. The molecule has 0 unspecified atom stereocenters. The van der Waals surface area contributed by atoms with Crippen LogP contribution < -0.4 is 0 Å². The summed E-state index contributed by atoms with van der Waals surface area (Å²) in [5, 5.41) is 0. The molecule has 28 heavy (non-hydrogen) atoms. The number of hydrogen-bond acceptors (Lipinski definition) is 4. The second kappa shape index (κ2) is 7.37. The molecular formula is C18H8F6O4. The minimum Gasteiger partial charge on any atom is -0.298 e. The van der Waals surface area contributed by atoms with E-state index in [-0.39, 0.29) is 25.1 Å². The van der Waals surface area contributed by atoms with E-state index in [0.717, 1.165) is 12.1 Å². The van der Waals surface area contributed by atoms with E-state index in [0.29, 0.717) is 12.1 Å². The van der Waals surface area contributed by atoms with Crippen molar-refractivity contribution in [3.8, 4) is 11.1 Å². The number of rotatable bonds is 5. The Hall–Kier alpha value is -3.30. The van der Waals surface area contributed by atoms with Crippen molar-refractivity contribution in [3.63, 3.8) is 0 Å². The third-order valence-electron chi connectivity index (χ3n) is 3.86. The Kier molecular flexibility index (Phi) is 5.53. The Bertz CT molecular complexity index is 894. The quantitative estimate of drug-likeness (QED) is 0.540. The summed E-state index contributed by atoms with van der Waals surface area (Å²) in [4.78, 5) is 44.1. The predicted octanol–water partition coefficient (Wildman–Crippen LogP) is 4.64. The summed E-state index contributed by atoms with van der Waals surface area (Å²) in [6, 6.07) is 2.36. The van der Waals surface area contributed by atoms with Crippen LogP contribution in [0.5, 0.6) is 0 Å². The number of benzene rings is 2. The molecule has 2 rings (SSSR count). The van der Waals surface area contributed by atoms with Crippen LogP contribution >= 0.6 is 0 Å². The first-order valence-corrected chi connectivity index (χ1v) is 7.29. The molecule has 2 aromatic carbocycles. The van der Waals surface area contributed by atoms with Gasteiger partial charge in [-0.1, -0.05) is 0 Å². The molecule has 0 atom stereocenters. The molecule has 146 valence electrons. The van der Waals surface area contributed by atoms with E-state index in [1.165, 1.54) is 0 Å². The number of aldehydes is 4. The number of hydrogen-bond donors (Lipinski definition) is 0. The number of carbonyl (C=O) groups is 4. The van der Waals surface area contributed by atoms with Gasteiger partial charge in [-0.2, -0.15) is 26.3 Å². The second-order valence-corrected chi connectivity index (χ2v) is 5.52. The molecule has 2 aromatic rings. The highest BCUT2D eigenvalue weighted by Crippen LogP contribution is 2.39. The van der Waals surface area contributed by atoms with E-state index >= 15 is 0 Å². The number of alkyl halides is 6. The molecule has 0 heterocycles. The zero-order valence-electron chi connectivity index (χ0n) is 13.5. The second-order valence-electron chi connectivity index (χ2n) is 5.52. The Morgan fingerprint density at radius 1 is 0.536 bits per heavy atom. The van der Waals surface area contributed by atoms with Gasteiger partial charge in [0.05, 0.1) is 11.1 Å². The monoisotopic (exact) mass is 402 g/mol. The zero-order chi connectivity index (χ0) is 21.3. The van der Waals surface area contributed by atoms with E-state index in [2.05, 4.69) is 0 Å². The van der Waals surface area contributed by atoms with Gasteiger partial charge in [0.2, 0.25) is 0 Å². The van der Waals surface area contributed by atoms with Crippen LogP contribution in [0.4, 0.5) is 26.3 Å². The lowest BCUT2D eigenvalue weighted by atomic mass is 9.91. The summed E-state index contributed by atoms with van der Waals surface area (Å²) in [6.07, 6.45) is -10.6. The molecule has 0 bridgehead atoms. The molecule has 0 aliphatic carbocycles. The maximum atomic E-state index is 13.2. The van der Waals surface area contributed by atoms with E-state index in [4.69, 9.17) is 0 Å². The van der Waals surface area contributed by atoms with Gasteiger partial charge in [0, 0.05) is 22.3 Å². The highest BCUT2D eigenvalue weighted by atomic mass is 19.4. The van der Waals surface area contributed by atoms with Gasteiger partial charge in [-0.15, -0.1) is 0 Å². The van der Waals surface area contributed by atoms with Crippen molar-refractivity contribution < 1.29 is 45.5 Å². The van der Waals surface area contributed by atoms with Crippen molar-refractivity contribution >= 4 is 25.1 Å². The molecule has 0 saturated heterocycles. The number of halogens is 6. The van der Waals surface area contributed by atoms with E-state index < -0.39 is 56.9 Å². The van der Waals surface area contributed by atoms with Crippen LogP contribution in [0.2, 0.25) is 0 Å². The average molecular weight is 402 g/mol. The summed E-state index contributed by atoms with van der Waals surface area (Å²) in [5.74, 6) is 0. The van der Waals surface area contributed by atoms with E-state index in [9.17, 15) is 45.5 Å². The minimum atomic E-state index is -5.08. The molecule has 0 fully saturated rings. The smallest absolute Gasteiger partial charge is 0.298 e. The van der Waals surface area contributed by atoms with Gasteiger partial charge in [0.1, 0.15) is 0 Å². The highest BCUT2D eigenvalue weighted by Gasteiger charge is 2.37. The van der Waals surface area contributed by atoms with Crippen LogP contribution in [0.15, 0.2) is 24.3 Å². The first-order valence-electron chi connectivity index (χ1n) is 7.29. The summed E-state index contributed by atoms with van der Waals surface area (Å²) >= 11 is 0. The van der Waals surface area contributed by atoms with Crippen molar-refractivity contribution in [2.45, 2.75) is 12.4 Å². The largest absolute Gasteiger partial charge is 0.417 e. The predicted molar refractivity (Wildman–Crippen MR) is 83.4 cm³/mol. The van der Waals surface area contributed by atoms with Gasteiger partial charge in [-0.3, -0.25) is 19.2 Å². The van der Waals surface area contributed by atoms with Gasteiger partial charge in [0.25, 0.3) is 0 Å². The van der Waals surface area contributed by atoms with Crippen LogP contribution in [0.25, 0.3) is 11.1 Å². The normalized spacial score (nSPS) is 11.8. The van der Waals surface area contributed by atoms with Crippen molar-refractivity contribution in [2.75, 3.05) is 0 Å². The van der Waals surface area contributed by atoms with Gasteiger partial charge in [0.15, 0.2) is 25.1 Å². The molecular weight excluding hydrogens is 394 g/mol. The molecule has 4 nitrogen and oxygen atoms in total. The zero-order valence-corrected chi connectivity index (χ0v) is 13.5. The molecule has 0 radical (unpaired) electrons. The average Bonchev–Trinajstić information content (AvgIpc) is 2.63. The van der Waals surface area contributed by atoms with Gasteiger partial charge in [-0.25, -0.2) is 0 Å². The molecule has 0 amide bonds. The van der Waals surface area contributed by atoms with Crippen LogP contribution in [0.1, 0.15) is 52.6 Å². The Balaban J connectivity index is 2.92. The van der Waals surface area contributed by atoms with Gasteiger partial charge in [-0.05, 0) is 35.4 Å². The van der Waals surface area contributed by atoms with Gasteiger partial charge < -0.3 is 0 Å². The molecule has 0 aliphatic rings. The first-order chi connectivity index (χ1) is 13.0. The van der Waals surface area contributed by atoms with E-state index in [1.54, 1.807) is 0 Å². The standard InChI is InChI=1S/C18H8F6O4/c19-17(20,21)15-3-9(1-11(5-25)13(15)7-27)10-2-12(6-26)14(8-28)16(4-10)18(22,23)24/h1-8H. The van der Waals surface area contributed by atoms with Crippen molar-refractivity contribution in [1.29, 1.82) is 0 Å². The van der Waals surface area contributed by atoms with E-state index in [1.807, 2.05) is 0 Å². The Morgan fingerprint density at radius 3 is 1.07 bits per heavy atom. The number of carbonyl (C=O) groups excluding carboxylic acids is 4. The fourth-order valence-corrected chi connectivity index (χ4v) is 2.61. The molecule has 0 aromatic heterocycles. The van der Waals surface area contributed by atoms with Crippen LogP contribution in [0.3, 0.4) is 0 Å². The molecule has 0 N–H and O–H groups in total. The van der Waals surface area contributed by atoms with Crippen molar-refractivity contribution in [3.05, 3.63) is 57.6 Å². The lowest BCUT2D eigenvalue weighted by Gasteiger charge is -2.16. The summed E-state index contributed by atoms with van der Waals surface area (Å²) in [6.45, 7) is 0. The Labute approximate surface area is 152 Å².